The van der Waals surface area contributed by atoms with Gasteiger partial charge in [-0.3, -0.25) is 19.6 Å². The van der Waals surface area contributed by atoms with Crippen molar-refractivity contribution in [3.8, 4) is 5.75 Å². The highest BCUT2D eigenvalue weighted by molar-refractivity contribution is 7.80. The number of amides is 2. The lowest BCUT2D eigenvalue weighted by Gasteiger charge is -2.50. The third-order valence-electron chi connectivity index (χ3n) is 7.33. The number of β-lactam (4-membered cyclic amide) rings is 1. The average Bonchev–Trinajstić information content (AvgIpc) is 3.40. The smallest absolute Gasteiger partial charge is 0.418 e. The van der Waals surface area contributed by atoms with Crippen molar-refractivity contribution in [1.29, 1.82) is 5.41 Å². The molecule has 2 fully saturated rings. The van der Waals surface area contributed by atoms with Crippen LogP contribution in [0.25, 0.3) is 0 Å². The van der Waals surface area contributed by atoms with E-state index in [0.717, 1.165) is 37.3 Å². The number of hydroxylamine groups is 2. The maximum Gasteiger partial charge on any atom is 0.418 e. The lowest BCUT2D eigenvalue weighted by Crippen LogP contribution is -2.76. The number of piperidine rings is 1. The number of nitrogens with zero attached hydrogens (tertiary/aromatic N) is 3. The summed E-state index contributed by atoms with van der Waals surface area (Å²) in [7, 11) is -5.03. The van der Waals surface area contributed by atoms with Gasteiger partial charge in [0.25, 0.3) is 17.9 Å². The van der Waals surface area contributed by atoms with Crippen LogP contribution in [0.4, 0.5) is 5.13 Å². The first-order valence-electron chi connectivity index (χ1n) is 14.4. The monoisotopic (exact) mass is 696 g/mol. The number of carbonyl (C=O) groups excluding carboxylic acids is 2. The zero-order valence-corrected chi connectivity index (χ0v) is 27.3. The number of ether oxygens (including phenoxy) is 1. The summed E-state index contributed by atoms with van der Waals surface area (Å²) in [5.41, 5.74) is 4.53. The molecule has 0 saturated carbocycles. The second kappa shape index (κ2) is 14.6. The number of amidine groups is 1. The summed E-state index contributed by atoms with van der Waals surface area (Å²) in [6, 6.07) is 5.27. The van der Waals surface area contributed by atoms with Gasteiger partial charge in [0.15, 0.2) is 10.8 Å². The second-order valence-corrected chi connectivity index (χ2v) is 13.3. The minimum absolute atomic E-state index is 0.0103. The number of benzene rings is 1. The van der Waals surface area contributed by atoms with Gasteiger partial charge in [0.2, 0.25) is 0 Å². The molecule has 1 aromatic carbocycles. The fraction of sp³-hybridized carbons (Fsp3) is 0.481. The predicted octanol–water partition coefficient (Wildman–Crippen LogP) is 0.0476. The molecule has 2 aromatic rings. The summed E-state index contributed by atoms with van der Waals surface area (Å²) in [5, 5.41) is 31.3. The Morgan fingerprint density at radius 1 is 1.30 bits per heavy atom. The fourth-order valence-corrected chi connectivity index (χ4v) is 6.05. The Hall–Kier alpha value is -4.37. The first-order valence-corrected chi connectivity index (χ1v) is 16.6. The van der Waals surface area contributed by atoms with Gasteiger partial charge in [0, 0.05) is 23.0 Å². The summed E-state index contributed by atoms with van der Waals surface area (Å²) in [6.45, 7) is 5.70. The number of thiazole rings is 1. The van der Waals surface area contributed by atoms with E-state index in [9.17, 15) is 27.9 Å². The van der Waals surface area contributed by atoms with Crippen LogP contribution < -0.4 is 26.4 Å². The maximum absolute atomic E-state index is 13.4. The van der Waals surface area contributed by atoms with E-state index in [4.69, 9.17) is 25.3 Å². The number of hydrogen-bond acceptors (Lipinski definition) is 14. The molecule has 20 heteroatoms. The zero-order valence-electron chi connectivity index (χ0n) is 25.7. The number of carboxylic acid groups (broad SMARTS) is 1. The van der Waals surface area contributed by atoms with Gasteiger partial charge in [-0.1, -0.05) is 12.1 Å². The highest BCUT2D eigenvalue weighted by Gasteiger charge is 2.58. The van der Waals surface area contributed by atoms with Gasteiger partial charge in [-0.05, 0) is 63.9 Å². The number of aromatic nitrogens is 1. The summed E-state index contributed by atoms with van der Waals surface area (Å²) in [5.74, 6) is -2.92. The Morgan fingerprint density at radius 2 is 2.00 bits per heavy atom. The standard InChI is InChI=1S/C27H36N8O10S2/c1-4-18-19(32-26(29)46-18)20(23(36)33-21-24(37)35(27(21,2)3)45-47(40,41)42)34-44-17(25(38)39)13-43-16-9-7-14(8-10-16)22(28)31-15-6-5-11-30-12-15/h7-10,15,17,21,30H,4-6,11-13H2,1-3H3,(H2,28,31)(H2,29,32)(H,33,36)(H,38,39)(H,40,41,42). The lowest BCUT2D eigenvalue weighted by atomic mass is 9.84. The normalized spacial score (nSPS) is 20.1. The van der Waals surface area contributed by atoms with Crippen molar-refractivity contribution >= 4 is 56.2 Å². The number of nitrogens with two attached hydrogens (primary N) is 1. The van der Waals surface area contributed by atoms with Crippen LogP contribution >= 0.6 is 11.3 Å². The lowest BCUT2D eigenvalue weighted by molar-refractivity contribution is -0.218. The van der Waals surface area contributed by atoms with Gasteiger partial charge in [-0.15, -0.1) is 15.6 Å². The molecule has 3 heterocycles. The molecule has 2 aliphatic heterocycles. The van der Waals surface area contributed by atoms with Gasteiger partial charge in [0.1, 0.15) is 29.9 Å². The fourth-order valence-electron chi connectivity index (χ4n) is 4.82. The number of nitrogens with one attached hydrogen (secondary N) is 4. The molecule has 18 nitrogen and oxygen atoms in total. The summed E-state index contributed by atoms with van der Waals surface area (Å²) >= 11 is 1.06. The summed E-state index contributed by atoms with van der Waals surface area (Å²) < 4.78 is 41.2. The number of carbonyl (C=O) groups is 3. The predicted molar refractivity (Wildman–Crippen MR) is 168 cm³/mol. The van der Waals surface area contributed by atoms with Crippen LogP contribution in [0.2, 0.25) is 0 Å². The van der Waals surface area contributed by atoms with Gasteiger partial charge < -0.3 is 36.4 Å². The topological polar surface area (TPSA) is 268 Å². The van der Waals surface area contributed by atoms with Gasteiger partial charge in [-0.2, -0.15) is 13.5 Å². The first kappa shape index (κ1) is 35.5. The number of hydrogen-bond donors (Lipinski definition) is 7. The number of aryl methyl sites for hydroxylation is 1. The molecule has 8 N–H and O–H groups in total. The second-order valence-electron chi connectivity index (χ2n) is 11.1. The minimum atomic E-state index is -5.03. The Morgan fingerprint density at radius 3 is 2.57 bits per heavy atom. The molecular formula is C27H36N8O10S2. The van der Waals surface area contributed by atoms with Crippen molar-refractivity contribution in [2.75, 3.05) is 25.4 Å². The Balaban J connectivity index is 1.46. The van der Waals surface area contributed by atoms with Crippen LogP contribution in [0, 0.1) is 5.41 Å². The largest absolute Gasteiger partial charge is 0.489 e. The van der Waals surface area contributed by atoms with Crippen LogP contribution in [0.3, 0.4) is 0 Å². The van der Waals surface area contributed by atoms with E-state index in [1.54, 1.807) is 31.2 Å². The first-order chi connectivity index (χ1) is 22.1. The summed E-state index contributed by atoms with van der Waals surface area (Å²) in [6.07, 6.45) is 0.644. The maximum atomic E-state index is 13.4. The van der Waals surface area contributed by atoms with Crippen LogP contribution in [0.5, 0.6) is 5.75 Å². The molecule has 2 saturated heterocycles. The zero-order chi connectivity index (χ0) is 34.5. The molecule has 3 atom stereocenters. The third kappa shape index (κ3) is 8.71. The molecule has 3 unspecified atom stereocenters. The Labute approximate surface area is 274 Å². The molecule has 1 aromatic heterocycles. The van der Waals surface area contributed by atoms with Crippen LogP contribution in [-0.2, 0) is 40.3 Å². The minimum Gasteiger partial charge on any atom is -0.489 e. The molecule has 4 rings (SSSR count). The van der Waals surface area contributed by atoms with Gasteiger partial charge >= 0.3 is 16.4 Å². The van der Waals surface area contributed by atoms with E-state index < -0.39 is 58.2 Å². The highest BCUT2D eigenvalue weighted by atomic mass is 32.3. The van der Waals surface area contributed by atoms with E-state index in [1.165, 1.54) is 13.8 Å². The van der Waals surface area contributed by atoms with Crippen LogP contribution in [0.15, 0.2) is 29.4 Å². The van der Waals surface area contributed by atoms with Crippen molar-refractivity contribution in [2.45, 2.75) is 63.8 Å². The van der Waals surface area contributed by atoms with Gasteiger partial charge in [-0.25, -0.2) is 9.78 Å². The van der Waals surface area contributed by atoms with Crippen molar-refractivity contribution in [3.05, 3.63) is 40.4 Å². The molecule has 0 bridgehead atoms. The number of oxime groups is 1. The Bertz CT molecular complexity index is 1640. The van der Waals surface area contributed by atoms with Crippen molar-refractivity contribution in [2.24, 2.45) is 5.16 Å². The van der Waals surface area contributed by atoms with Crippen molar-refractivity contribution in [1.82, 2.24) is 26.0 Å². The van der Waals surface area contributed by atoms with E-state index in [0.29, 0.717) is 27.7 Å². The molecule has 2 amide bonds. The SMILES string of the molecule is CCc1sc(N)nc1C(=NOC(COc1ccc(C(=N)NC2CCCNC2)cc1)C(=O)O)C(=O)NC1C(=O)N(OS(=O)(=O)O)C1(C)C. The molecule has 2 aliphatic rings. The molecule has 0 aliphatic carbocycles. The average molecular weight is 697 g/mol. The molecule has 256 valence electrons. The van der Waals surface area contributed by atoms with E-state index in [2.05, 4.69) is 30.4 Å². The number of carboxylic acids is 1. The number of nitrogen functional groups attached to an aromatic ring is 1. The Kier molecular flexibility index (Phi) is 11.0. The van der Waals surface area contributed by atoms with E-state index in [-0.39, 0.29) is 22.7 Å². The molecule has 0 spiro atoms. The van der Waals surface area contributed by atoms with E-state index >= 15 is 0 Å². The van der Waals surface area contributed by atoms with Crippen molar-refractivity contribution < 1.29 is 46.3 Å². The van der Waals surface area contributed by atoms with E-state index in [1.807, 2.05) is 0 Å². The number of anilines is 1. The molecule has 0 radical (unpaired) electrons. The summed E-state index contributed by atoms with van der Waals surface area (Å²) in [4.78, 5) is 48.0. The van der Waals surface area contributed by atoms with Crippen LogP contribution in [0.1, 0.15) is 49.7 Å². The third-order valence-corrected chi connectivity index (χ3v) is 8.70. The quantitative estimate of drug-likeness (QED) is 0.0452. The van der Waals surface area contributed by atoms with Crippen LogP contribution in [-0.4, -0.2) is 101 Å². The molecule has 47 heavy (non-hydrogen) atoms. The van der Waals surface area contributed by atoms with Gasteiger partial charge in [0.05, 0.1) is 5.54 Å². The number of rotatable bonds is 14. The van der Waals surface area contributed by atoms with Crippen molar-refractivity contribution in [3.63, 3.8) is 0 Å². The highest BCUT2D eigenvalue weighted by Crippen LogP contribution is 2.33. The molecular weight excluding hydrogens is 660 g/mol. The number of aliphatic carboxylic acids is 1.